The SMILES string of the molecule is [C-]#[N+]c1ccc(-c2cccc(C#N)c2-n2c3ccccc3c3cc4c(cc32)oc2ccccc24)c(-n2c3ccccc3c3ccccc32)c1. The highest BCUT2D eigenvalue weighted by Crippen LogP contribution is 2.44. The molecule has 0 aliphatic heterocycles. The lowest BCUT2D eigenvalue weighted by atomic mass is 9.97. The summed E-state index contributed by atoms with van der Waals surface area (Å²) in [7, 11) is 0. The summed E-state index contributed by atoms with van der Waals surface area (Å²) in [6.07, 6.45) is 0. The Balaban J connectivity index is 1.35. The standard InChI is InChI=1S/C44H24N4O/c1-46-28-21-22-32(40(23-28)47-37-17-6-2-12-29(37)30-13-3-7-18-38(30)47)34-16-10-11-27(26-45)44(34)48-39-19-8-4-14-31(39)35-24-36-33-15-5-9-20-42(33)49-43(36)25-41(35)48/h2-25H. The molecule has 0 aliphatic rings. The van der Waals surface area contributed by atoms with Crippen LogP contribution in [0.1, 0.15) is 5.56 Å². The van der Waals surface area contributed by atoms with Gasteiger partial charge < -0.3 is 13.6 Å². The van der Waals surface area contributed by atoms with E-state index >= 15 is 0 Å². The van der Waals surface area contributed by atoms with Crippen LogP contribution in [0.5, 0.6) is 0 Å². The van der Waals surface area contributed by atoms with Crippen molar-refractivity contribution in [3.05, 3.63) is 163 Å². The number of aromatic nitrogens is 2. The van der Waals surface area contributed by atoms with Gasteiger partial charge in [0.2, 0.25) is 0 Å². The molecule has 0 bridgehead atoms. The molecule has 0 radical (unpaired) electrons. The summed E-state index contributed by atoms with van der Waals surface area (Å²) in [5, 5.41) is 17.3. The van der Waals surface area contributed by atoms with E-state index in [2.05, 4.69) is 111 Å². The molecule has 10 rings (SSSR count). The third kappa shape index (κ3) is 3.79. The number of benzene rings is 7. The van der Waals surface area contributed by atoms with Crippen LogP contribution in [-0.4, -0.2) is 9.13 Å². The van der Waals surface area contributed by atoms with Gasteiger partial charge in [0.05, 0.1) is 39.9 Å². The number of rotatable bonds is 3. The molecule has 3 aromatic heterocycles. The second kappa shape index (κ2) is 10.2. The molecule has 0 unspecified atom stereocenters. The summed E-state index contributed by atoms with van der Waals surface area (Å²) < 4.78 is 10.8. The van der Waals surface area contributed by atoms with Crippen molar-refractivity contribution in [2.45, 2.75) is 0 Å². The third-order valence-electron chi connectivity index (χ3n) is 9.77. The number of nitriles is 1. The molecule has 3 heterocycles. The predicted octanol–water partition coefficient (Wildman–Crippen LogP) is 11.9. The summed E-state index contributed by atoms with van der Waals surface area (Å²) in [6, 6.07) is 51.9. The average Bonchev–Trinajstić information content (AvgIpc) is 3.80. The number of furan rings is 1. The zero-order valence-corrected chi connectivity index (χ0v) is 26.1. The molecule has 5 heteroatoms. The first-order chi connectivity index (χ1) is 24.2. The molecule has 0 N–H and O–H groups in total. The highest BCUT2D eigenvalue weighted by atomic mass is 16.3. The molecular weight excluding hydrogens is 601 g/mol. The zero-order valence-electron chi connectivity index (χ0n) is 26.1. The van der Waals surface area contributed by atoms with Gasteiger partial charge in [-0.1, -0.05) is 97.1 Å². The van der Waals surface area contributed by atoms with Gasteiger partial charge in [-0.25, -0.2) is 4.85 Å². The van der Waals surface area contributed by atoms with Gasteiger partial charge in [0.15, 0.2) is 5.69 Å². The molecule has 0 aliphatic carbocycles. The number of nitrogens with zero attached hydrogens (tertiary/aromatic N) is 4. The molecule has 10 aromatic rings. The van der Waals surface area contributed by atoms with E-state index in [1.54, 1.807) is 0 Å². The van der Waals surface area contributed by atoms with Gasteiger partial charge in [0.1, 0.15) is 17.2 Å². The molecule has 7 aromatic carbocycles. The number of fused-ring (bicyclic) bond motifs is 9. The van der Waals surface area contributed by atoms with Crippen LogP contribution < -0.4 is 0 Å². The highest BCUT2D eigenvalue weighted by Gasteiger charge is 2.23. The zero-order chi connectivity index (χ0) is 32.6. The molecule has 226 valence electrons. The van der Waals surface area contributed by atoms with E-state index in [0.29, 0.717) is 11.3 Å². The van der Waals surface area contributed by atoms with E-state index in [9.17, 15) is 5.26 Å². The molecular formula is C44H24N4O. The maximum absolute atomic E-state index is 10.7. The maximum Gasteiger partial charge on any atom is 0.189 e. The summed E-state index contributed by atoms with van der Waals surface area (Å²) >= 11 is 0. The topological polar surface area (TPSA) is 51.1 Å². The minimum Gasteiger partial charge on any atom is -0.456 e. The van der Waals surface area contributed by atoms with Gasteiger partial charge in [-0.05, 0) is 42.5 Å². The Kier molecular flexibility index (Phi) is 5.64. The Morgan fingerprint density at radius 2 is 1.14 bits per heavy atom. The van der Waals surface area contributed by atoms with Gasteiger partial charge >= 0.3 is 0 Å². The molecule has 0 fully saturated rings. The van der Waals surface area contributed by atoms with E-state index in [0.717, 1.165) is 88.1 Å². The van der Waals surface area contributed by atoms with Crippen LogP contribution in [-0.2, 0) is 0 Å². The van der Waals surface area contributed by atoms with Crippen molar-refractivity contribution in [3.63, 3.8) is 0 Å². The monoisotopic (exact) mass is 624 g/mol. The van der Waals surface area contributed by atoms with Crippen molar-refractivity contribution < 1.29 is 4.42 Å². The molecule has 0 saturated heterocycles. The van der Waals surface area contributed by atoms with Crippen molar-refractivity contribution >= 4 is 71.2 Å². The van der Waals surface area contributed by atoms with E-state index < -0.39 is 0 Å². The minimum atomic E-state index is 0.544. The van der Waals surface area contributed by atoms with E-state index in [1.165, 1.54) is 0 Å². The maximum atomic E-state index is 10.7. The van der Waals surface area contributed by atoms with Crippen molar-refractivity contribution in [1.29, 1.82) is 5.26 Å². The Bertz CT molecular complexity index is 3030. The molecule has 5 nitrogen and oxygen atoms in total. The van der Waals surface area contributed by atoms with Crippen LogP contribution in [0.25, 0.3) is 92.9 Å². The fourth-order valence-electron chi connectivity index (χ4n) is 7.70. The Labute approximate surface area is 280 Å². The first-order valence-electron chi connectivity index (χ1n) is 16.1. The normalized spacial score (nSPS) is 11.6. The van der Waals surface area contributed by atoms with Crippen LogP contribution in [0.15, 0.2) is 150 Å². The van der Waals surface area contributed by atoms with E-state index in [-0.39, 0.29) is 0 Å². The van der Waals surface area contributed by atoms with Gasteiger partial charge in [-0.2, -0.15) is 5.26 Å². The van der Waals surface area contributed by atoms with E-state index in [4.69, 9.17) is 11.0 Å². The second-order valence-electron chi connectivity index (χ2n) is 12.3. The Hall–Kier alpha value is -7.08. The summed E-state index contributed by atoms with van der Waals surface area (Å²) in [5.41, 5.74) is 10.2. The third-order valence-corrected chi connectivity index (χ3v) is 9.77. The lowest BCUT2D eigenvalue weighted by molar-refractivity contribution is 0.669. The van der Waals surface area contributed by atoms with Crippen LogP contribution in [0.2, 0.25) is 0 Å². The molecule has 0 saturated carbocycles. The van der Waals surface area contributed by atoms with Crippen molar-refractivity contribution in [2.24, 2.45) is 0 Å². The fraction of sp³-hybridized carbons (Fsp3) is 0. The summed E-state index contributed by atoms with van der Waals surface area (Å²) in [4.78, 5) is 3.84. The van der Waals surface area contributed by atoms with Gasteiger partial charge in [-0.3, -0.25) is 0 Å². The minimum absolute atomic E-state index is 0.544. The predicted molar refractivity (Wildman–Crippen MR) is 199 cm³/mol. The molecule has 0 spiro atoms. The van der Waals surface area contributed by atoms with Crippen molar-refractivity contribution in [3.8, 4) is 28.6 Å². The van der Waals surface area contributed by atoms with Crippen molar-refractivity contribution in [2.75, 3.05) is 0 Å². The molecule has 49 heavy (non-hydrogen) atoms. The van der Waals surface area contributed by atoms with Crippen LogP contribution in [0.4, 0.5) is 5.69 Å². The largest absolute Gasteiger partial charge is 0.456 e. The van der Waals surface area contributed by atoms with Gasteiger partial charge in [0, 0.05) is 55.2 Å². The highest BCUT2D eigenvalue weighted by molar-refractivity contribution is 6.18. The number of hydrogen-bond donors (Lipinski definition) is 0. The van der Waals surface area contributed by atoms with Crippen LogP contribution in [0.3, 0.4) is 0 Å². The van der Waals surface area contributed by atoms with Crippen molar-refractivity contribution in [1.82, 2.24) is 9.13 Å². The summed E-state index contributed by atoms with van der Waals surface area (Å²) in [5.74, 6) is 0. The first-order valence-corrected chi connectivity index (χ1v) is 16.1. The Morgan fingerprint density at radius 3 is 1.84 bits per heavy atom. The number of hydrogen-bond acceptors (Lipinski definition) is 2. The van der Waals surface area contributed by atoms with Crippen LogP contribution >= 0.6 is 0 Å². The lowest BCUT2D eigenvalue weighted by Crippen LogP contribution is -2.03. The summed E-state index contributed by atoms with van der Waals surface area (Å²) in [6.45, 7) is 7.93. The molecule has 0 amide bonds. The van der Waals surface area contributed by atoms with E-state index in [1.807, 2.05) is 54.6 Å². The lowest BCUT2D eigenvalue weighted by Gasteiger charge is -2.20. The number of para-hydroxylation sites is 5. The van der Waals surface area contributed by atoms with Crippen LogP contribution in [0, 0.1) is 17.9 Å². The average molecular weight is 625 g/mol. The first kappa shape index (κ1) is 27.1. The fourth-order valence-corrected chi connectivity index (χ4v) is 7.70. The second-order valence-corrected chi connectivity index (χ2v) is 12.3. The smallest absolute Gasteiger partial charge is 0.189 e. The molecule has 0 atom stereocenters. The van der Waals surface area contributed by atoms with Gasteiger partial charge in [-0.15, -0.1) is 0 Å². The Morgan fingerprint density at radius 1 is 0.510 bits per heavy atom. The van der Waals surface area contributed by atoms with Gasteiger partial charge in [0.25, 0.3) is 0 Å². The quantitative estimate of drug-likeness (QED) is 0.184.